The van der Waals surface area contributed by atoms with E-state index < -0.39 is 25.3 Å². The SMILES string of the molecule is CCN(O)C(=O)CNC(=O)CP(C)(=O)[OH2+]. The van der Waals surface area contributed by atoms with Crippen LogP contribution in [0, 0.1) is 0 Å². The predicted octanol–water partition coefficient (Wildman–Crippen LogP) is -1.03. The summed E-state index contributed by atoms with van der Waals surface area (Å²) in [5, 5.41) is 11.5. The molecule has 0 bridgehead atoms. The first-order valence-electron chi connectivity index (χ1n) is 4.34. The van der Waals surface area contributed by atoms with Gasteiger partial charge in [-0.05, 0) is 6.92 Å². The Kier molecular flexibility index (Phi) is 5.49. The molecule has 0 saturated heterocycles. The third-order valence-corrected chi connectivity index (χ3v) is 2.36. The third-order valence-electron chi connectivity index (χ3n) is 1.47. The first kappa shape index (κ1) is 14.1. The number of carbonyl (C=O) groups excluding carboxylic acids is 2. The molecule has 0 aromatic rings. The normalized spacial score (nSPS) is 14.1. The molecule has 8 heteroatoms. The Morgan fingerprint density at radius 2 is 2.07 bits per heavy atom. The van der Waals surface area contributed by atoms with Gasteiger partial charge in [-0.15, -0.1) is 0 Å². The Hall–Kier alpha value is -0.910. The maximum absolute atomic E-state index is 11.0. The van der Waals surface area contributed by atoms with Gasteiger partial charge in [-0.1, -0.05) is 0 Å². The van der Waals surface area contributed by atoms with Crippen LogP contribution in [-0.2, 0) is 14.2 Å². The van der Waals surface area contributed by atoms with E-state index >= 15 is 0 Å². The summed E-state index contributed by atoms with van der Waals surface area (Å²) in [5.41, 5.74) is 0. The lowest BCUT2D eigenvalue weighted by Crippen LogP contribution is -2.39. The van der Waals surface area contributed by atoms with Crippen molar-refractivity contribution in [1.29, 1.82) is 0 Å². The van der Waals surface area contributed by atoms with E-state index in [4.69, 9.17) is 10.1 Å². The van der Waals surface area contributed by atoms with Crippen molar-refractivity contribution >= 4 is 19.2 Å². The van der Waals surface area contributed by atoms with Gasteiger partial charge in [-0.2, -0.15) is 0 Å². The minimum absolute atomic E-state index is 0.124. The second kappa shape index (κ2) is 5.85. The number of hydrogen-bond donors (Lipinski definition) is 2. The summed E-state index contributed by atoms with van der Waals surface area (Å²) in [4.78, 5) is 29.0. The van der Waals surface area contributed by atoms with Crippen molar-refractivity contribution in [2.24, 2.45) is 0 Å². The topological polar surface area (TPSA) is 110 Å². The van der Waals surface area contributed by atoms with E-state index in [2.05, 4.69) is 5.32 Å². The molecule has 0 aromatic heterocycles. The summed E-state index contributed by atoms with van der Waals surface area (Å²) < 4.78 is 10.9. The van der Waals surface area contributed by atoms with E-state index in [9.17, 15) is 14.2 Å². The molecule has 0 aromatic carbocycles. The monoisotopic (exact) mass is 239 g/mol. The number of amides is 2. The zero-order valence-corrected chi connectivity index (χ0v) is 9.58. The largest absolute Gasteiger partial charge is 0.412 e. The van der Waals surface area contributed by atoms with E-state index in [1.165, 1.54) is 6.66 Å². The average molecular weight is 239 g/mol. The summed E-state index contributed by atoms with van der Waals surface area (Å²) in [5.74, 6) is -1.28. The molecule has 0 aliphatic rings. The number of likely N-dealkylation sites (N-methyl/N-ethyl adjacent to an activating group) is 1. The molecule has 0 fully saturated rings. The standard InChI is InChI=1S/C7H15N2O5P/c1-3-9(12)7(11)4-8-6(10)5-15(2,13)14/h12H,3-5H2,1-2H3,(H,8,10)(H,13,14)/p+1. The molecule has 0 aliphatic heterocycles. The predicted molar refractivity (Wildman–Crippen MR) is 54.2 cm³/mol. The van der Waals surface area contributed by atoms with Gasteiger partial charge in [0.15, 0.2) is 0 Å². The van der Waals surface area contributed by atoms with Crippen LogP contribution in [0.1, 0.15) is 6.92 Å². The second-order valence-corrected chi connectivity index (χ2v) is 5.66. The molecule has 7 nitrogen and oxygen atoms in total. The van der Waals surface area contributed by atoms with E-state index in [0.717, 1.165) is 0 Å². The maximum atomic E-state index is 11.0. The molecule has 15 heavy (non-hydrogen) atoms. The van der Waals surface area contributed by atoms with Crippen LogP contribution in [0.3, 0.4) is 0 Å². The molecule has 0 aliphatic carbocycles. The molecular formula is C7H16N2O5P+. The molecule has 0 rings (SSSR count). The Bertz CT molecular complexity index is 287. The highest BCUT2D eigenvalue weighted by Gasteiger charge is 2.22. The van der Waals surface area contributed by atoms with Crippen LogP contribution in [0.15, 0.2) is 0 Å². The highest BCUT2D eigenvalue weighted by molar-refractivity contribution is 7.58. The Labute approximate surface area is 87.5 Å². The Morgan fingerprint density at radius 1 is 1.53 bits per heavy atom. The van der Waals surface area contributed by atoms with Gasteiger partial charge in [0, 0.05) is 6.54 Å². The third kappa shape index (κ3) is 7.07. The van der Waals surface area contributed by atoms with Gasteiger partial charge >= 0.3 is 7.37 Å². The van der Waals surface area contributed by atoms with Gasteiger partial charge in [0.1, 0.15) is 6.16 Å². The van der Waals surface area contributed by atoms with Gasteiger partial charge in [0.2, 0.25) is 5.91 Å². The summed E-state index contributed by atoms with van der Waals surface area (Å²) >= 11 is 0. The lowest BCUT2D eigenvalue weighted by Gasteiger charge is -2.12. The highest BCUT2D eigenvalue weighted by Crippen LogP contribution is 2.33. The minimum Gasteiger partial charge on any atom is -0.412 e. The van der Waals surface area contributed by atoms with Crippen LogP contribution in [0.4, 0.5) is 0 Å². The molecule has 0 heterocycles. The first-order valence-corrected chi connectivity index (χ1v) is 6.67. The van der Waals surface area contributed by atoms with Crippen LogP contribution in [0.2, 0.25) is 0 Å². The fourth-order valence-electron chi connectivity index (χ4n) is 0.772. The fraction of sp³-hybridized carbons (Fsp3) is 0.714. The van der Waals surface area contributed by atoms with Crippen molar-refractivity contribution in [3.05, 3.63) is 0 Å². The van der Waals surface area contributed by atoms with E-state index in [1.54, 1.807) is 6.92 Å². The average Bonchev–Trinajstić information content (AvgIpc) is 2.10. The quantitative estimate of drug-likeness (QED) is 0.276. The Morgan fingerprint density at radius 3 is 2.47 bits per heavy atom. The molecule has 0 saturated carbocycles. The van der Waals surface area contributed by atoms with Gasteiger partial charge in [0.25, 0.3) is 5.91 Å². The molecule has 4 N–H and O–H groups in total. The summed E-state index contributed by atoms with van der Waals surface area (Å²) in [6.45, 7) is 2.51. The lowest BCUT2D eigenvalue weighted by atomic mass is 10.5. The van der Waals surface area contributed by atoms with Gasteiger partial charge in [-0.3, -0.25) is 14.8 Å². The van der Waals surface area contributed by atoms with E-state index in [0.29, 0.717) is 5.06 Å². The van der Waals surface area contributed by atoms with Crippen molar-refractivity contribution < 1.29 is 24.3 Å². The van der Waals surface area contributed by atoms with Crippen molar-refractivity contribution in [2.75, 3.05) is 25.9 Å². The molecular weight excluding hydrogens is 223 g/mol. The first-order chi connectivity index (χ1) is 6.76. The minimum atomic E-state index is -3.16. The van der Waals surface area contributed by atoms with Gasteiger partial charge < -0.3 is 10.2 Å². The van der Waals surface area contributed by atoms with Crippen molar-refractivity contribution in [3.8, 4) is 0 Å². The number of carbonyl (C=O) groups is 2. The number of nitrogens with zero attached hydrogens (tertiary/aromatic N) is 1. The zero-order valence-electron chi connectivity index (χ0n) is 8.69. The zero-order chi connectivity index (χ0) is 12.1. The van der Waals surface area contributed by atoms with Gasteiger partial charge in [-0.25, -0.2) is 9.63 Å². The number of hydrogen-bond acceptors (Lipinski definition) is 4. The molecule has 88 valence electrons. The lowest BCUT2D eigenvalue weighted by molar-refractivity contribution is -0.163. The molecule has 0 radical (unpaired) electrons. The van der Waals surface area contributed by atoms with E-state index in [-0.39, 0.29) is 13.1 Å². The number of hydroxylamine groups is 2. The van der Waals surface area contributed by atoms with Crippen LogP contribution in [0.5, 0.6) is 0 Å². The van der Waals surface area contributed by atoms with E-state index in [1.807, 2.05) is 0 Å². The smallest absolute Gasteiger partial charge is 0.337 e. The van der Waals surface area contributed by atoms with Crippen LogP contribution in [-0.4, -0.2) is 52.9 Å². The van der Waals surface area contributed by atoms with Crippen LogP contribution < -0.4 is 5.32 Å². The number of rotatable bonds is 5. The summed E-state index contributed by atoms with van der Waals surface area (Å²) in [6.07, 6.45) is -0.419. The molecule has 0 spiro atoms. The van der Waals surface area contributed by atoms with Crippen LogP contribution in [0.25, 0.3) is 0 Å². The maximum Gasteiger partial charge on any atom is 0.337 e. The van der Waals surface area contributed by atoms with Crippen molar-refractivity contribution in [3.63, 3.8) is 0 Å². The molecule has 1 atom stereocenters. The fourth-order valence-corrected chi connectivity index (χ4v) is 1.43. The Balaban J connectivity index is 3.92. The molecule has 1 unspecified atom stereocenters. The van der Waals surface area contributed by atoms with Crippen molar-refractivity contribution in [2.45, 2.75) is 6.92 Å². The highest BCUT2D eigenvalue weighted by atomic mass is 31.2. The second-order valence-electron chi connectivity index (χ2n) is 3.15. The molecule has 2 amide bonds. The van der Waals surface area contributed by atoms with Crippen LogP contribution >= 0.6 is 7.37 Å². The van der Waals surface area contributed by atoms with Crippen molar-refractivity contribution in [1.82, 2.24) is 10.4 Å². The van der Waals surface area contributed by atoms with Gasteiger partial charge in [0.05, 0.1) is 13.2 Å². The number of nitrogens with one attached hydrogen (secondary N) is 1. The summed E-state index contributed by atoms with van der Waals surface area (Å²) in [7, 11) is -3.16. The summed E-state index contributed by atoms with van der Waals surface area (Å²) in [6, 6.07) is 0.